The minimum Gasteiger partial charge on any atom is -0.489 e. The second kappa shape index (κ2) is 10.3. The molecule has 0 radical (unpaired) electrons. The number of carbonyl (C=O) groups is 1. The zero-order chi connectivity index (χ0) is 22.4. The number of piperidine rings is 1. The van der Waals surface area contributed by atoms with Crippen LogP contribution in [-0.2, 0) is 4.79 Å². The minimum atomic E-state index is -4.82. The van der Waals surface area contributed by atoms with Crippen LogP contribution in [0, 0.1) is 23.1 Å². The molecule has 1 aromatic carbocycles. The van der Waals surface area contributed by atoms with Gasteiger partial charge in [-0.1, -0.05) is 0 Å². The highest BCUT2D eigenvalue weighted by Crippen LogP contribution is 2.29. The molecule has 0 aromatic heterocycles. The predicted molar refractivity (Wildman–Crippen MR) is 106 cm³/mol. The average Bonchev–Trinajstić information content (AvgIpc) is 2.74. The number of nitrogens with one attached hydrogen (secondary N) is 1. The molecule has 1 aliphatic heterocycles. The fourth-order valence-electron chi connectivity index (χ4n) is 4.35. The summed E-state index contributed by atoms with van der Waals surface area (Å²) in [6.45, 7) is 2.66. The Morgan fingerprint density at radius 2 is 1.84 bits per heavy atom. The molecule has 1 aliphatic carbocycles. The smallest absolute Gasteiger partial charge is 0.471 e. The number of nitriles is 1. The van der Waals surface area contributed by atoms with Crippen LogP contribution in [-0.4, -0.2) is 48.8 Å². The molecular weight excluding hydrogens is 414 g/mol. The topological polar surface area (TPSA) is 65.4 Å². The highest BCUT2D eigenvalue weighted by molar-refractivity contribution is 5.81. The van der Waals surface area contributed by atoms with E-state index in [2.05, 4.69) is 10.2 Å². The van der Waals surface area contributed by atoms with Gasteiger partial charge < -0.3 is 15.0 Å². The monoisotopic (exact) mass is 441 g/mol. The highest BCUT2D eigenvalue weighted by Gasteiger charge is 2.40. The molecule has 1 aromatic rings. The van der Waals surface area contributed by atoms with Crippen LogP contribution in [0.1, 0.15) is 50.5 Å². The van der Waals surface area contributed by atoms with Crippen LogP contribution < -0.4 is 10.1 Å². The SMILES string of the molecule is N#Cc1cc(F)ccc1OC1CCN(CC[C@H]2CC[C@H](NC(=O)C(F)(F)F)CC2)CC1. The van der Waals surface area contributed by atoms with Gasteiger partial charge in [-0.2, -0.15) is 18.4 Å². The van der Waals surface area contributed by atoms with E-state index in [0.29, 0.717) is 24.5 Å². The molecule has 1 amide bonds. The third kappa shape index (κ3) is 6.82. The molecule has 0 unspecified atom stereocenters. The van der Waals surface area contributed by atoms with E-state index in [-0.39, 0.29) is 17.7 Å². The number of hydrogen-bond acceptors (Lipinski definition) is 4. The number of ether oxygens (including phenoxy) is 1. The van der Waals surface area contributed by atoms with Crippen LogP contribution in [0.5, 0.6) is 5.75 Å². The van der Waals surface area contributed by atoms with Crippen molar-refractivity contribution in [3.63, 3.8) is 0 Å². The van der Waals surface area contributed by atoms with Crippen molar-refractivity contribution in [1.29, 1.82) is 5.26 Å². The van der Waals surface area contributed by atoms with Gasteiger partial charge in [0.05, 0.1) is 5.56 Å². The molecule has 0 bridgehead atoms. The van der Waals surface area contributed by atoms with Crippen LogP contribution in [0.3, 0.4) is 0 Å². The molecule has 0 spiro atoms. The number of rotatable bonds is 6. The fourth-order valence-corrected chi connectivity index (χ4v) is 4.35. The number of likely N-dealkylation sites (tertiary alicyclic amines) is 1. The van der Waals surface area contributed by atoms with Crippen LogP contribution in [0.15, 0.2) is 18.2 Å². The van der Waals surface area contributed by atoms with Crippen molar-refractivity contribution in [2.75, 3.05) is 19.6 Å². The first-order chi connectivity index (χ1) is 14.7. The summed E-state index contributed by atoms with van der Waals surface area (Å²) in [5.41, 5.74) is 0.199. The van der Waals surface area contributed by atoms with Gasteiger partial charge >= 0.3 is 12.1 Å². The average molecular weight is 441 g/mol. The lowest BCUT2D eigenvalue weighted by molar-refractivity contribution is -0.174. The van der Waals surface area contributed by atoms with Crippen LogP contribution in [0.2, 0.25) is 0 Å². The lowest BCUT2D eigenvalue weighted by atomic mass is 9.84. The lowest BCUT2D eigenvalue weighted by Crippen LogP contribution is -2.44. The van der Waals surface area contributed by atoms with Crippen molar-refractivity contribution in [1.82, 2.24) is 10.2 Å². The van der Waals surface area contributed by atoms with E-state index >= 15 is 0 Å². The van der Waals surface area contributed by atoms with E-state index in [1.165, 1.54) is 18.2 Å². The molecule has 1 saturated carbocycles. The van der Waals surface area contributed by atoms with E-state index in [4.69, 9.17) is 10.00 Å². The lowest BCUT2D eigenvalue weighted by Gasteiger charge is -2.34. The first kappa shape index (κ1) is 23.3. The van der Waals surface area contributed by atoms with Crippen LogP contribution in [0.4, 0.5) is 17.6 Å². The Kier molecular flexibility index (Phi) is 7.76. The number of nitrogens with zero attached hydrogens (tertiary/aromatic N) is 2. The summed E-state index contributed by atoms with van der Waals surface area (Å²) in [6.07, 6.45) is 0.607. The van der Waals surface area contributed by atoms with Gasteiger partial charge in [0.1, 0.15) is 23.7 Å². The second-order valence-corrected chi connectivity index (χ2v) is 8.39. The third-order valence-corrected chi connectivity index (χ3v) is 6.18. The van der Waals surface area contributed by atoms with Gasteiger partial charge in [0, 0.05) is 19.1 Å². The Morgan fingerprint density at radius 3 is 2.45 bits per heavy atom. The van der Waals surface area contributed by atoms with Crippen molar-refractivity contribution in [2.45, 2.75) is 63.3 Å². The van der Waals surface area contributed by atoms with E-state index in [1.807, 2.05) is 6.07 Å². The maximum Gasteiger partial charge on any atom is 0.471 e. The molecule has 170 valence electrons. The molecule has 2 fully saturated rings. The molecule has 1 N–H and O–H groups in total. The summed E-state index contributed by atoms with van der Waals surface area (Å²) < 4.78 is 56.2. The first-order valence-electron chi connectivity index (χ1n) is 10.7. The summed E-state index contributed by atoms with van der Waals surface area (Å²) in [5, 5.41) is 11.2. The molecule has 2 aliphatic rings. The van der Waals surface area contributed by atoms with Gasteiger partial charge in [0.25, 0.3) is 0 Å². The van der Waals surface area contributed by atoms with E-state index in [9.17, 15) is 22.4 Å². The van der Waals surface area contributed by atoms with Crippen molar-refractivity contribution < 1.29 is 27.1 Å². The summed E-state index contributed by atoms with van der Waals surface area (Å²) in [5.74, 6) is -1.43. The van der Waals surface area contributed by atoms with Gasteiger partial charge in [-0.25, -0.2) is 4.39 Å². The number of carbonyl (C=O) groups excluding carboxylic acids is 1. The standard InChI is InChI=1S/C22H27F4N3O2/c23-17-3-6-20(16(13-17)14-27)31-19-8-11-29(12-9-19)10-7-15-1-4-18(5-2-15)28-21(30)22(24,25)26/h3,6,13,15,18-19H,1-2,4-5,7-12H2,(H,28,30)/t15-,18-. The maximum absolute atomic E-state index is 13.2. The predicted octanol–water partition coefficient (Wildman–Crippen LogP) is 4.17. The quantitative estimate of drug-likeness (QED) is 0.673. The Labute approximate surface area is 179 Å². The molecule has 5 nitrogen and oxygen atoms in total. The molecular formula is C22H27F4N3O2. The van der Waals surface area contributed by atoms with Crippen molar-refractivity contribution in [3.05, 3.63) is 29.6 Å². The van der Waals surface area contributed by atoms with Crippen LogP contribution >= 0.6 is 0 Å². The van der Waals surface area contributed by atoms with Crippen molar-refractivity contribution in [2.24, 2.45) is 5.92 Å². The molecule has 0 atom stereocenters. The molecule has 1 heterocycles. The van der Waals surface area contributed by atoms with E-state index in [0.717, 1.165) is 51.7 Å². The normalized spacial score (nSPS) is 23.2. The molecule has 31 heavy (non-hydrogen) atoms. The van der Waals surface area contributed by atoms with E-state index in [1.54, 1.807) is 0 Å². The zero-order valence-corrected chi connectivity index (χ0v) is 17.3. The van der Waals surface area contributed by atoms with Gasteiger partial charge in [0.15, 0.2) is 0 Å². The van der Waals surface area contributed by atoms with Gasteiger partial charge in [0.2, 0.25) is 0 Å². The second-order valence-electron chi connectivity index (χ2n) is 8.39. The number of halogens is 4. The Hall–Kier alpha value is -2.34. The number of benzene rings is 1. The number of hydrogen-bond donors (Lipinski definition) is 1. The van der Waals surface area contributed by atoms with Crippen LogP contribution in [0.25, 0.3) is 0 Å². The Balaban J connectivity index is 1.34. The third-order valence-electron chi connectivity index (χ3n) is 6.18. The van der Waals surface area contributed by atoms with Gasteiger partial charge in [-0.15, -0.1) is 0 Å². The minimum absolute atomic E-state index is 0.0125. The maximum atomic E-state index is 13.2. The summed E-state index contributed by atoms with van der Waals surface area (Å²) >= 11 is 0. The summed E-state index contributed by atoms with van der Waals surface area (Å²) in [7, 11) is 0. The zero-order valence-electron chi connectivity index (χ0n) is 17.3. The largest absolute Gasteiger partial charge is 0.489 e. The summed E-state index contributed by atoms with van der Waals surface area (Å²) in [4.78, 5) is 13.4. The van der Waals surface area contributed by atoms with Crippen molar-refractivity contribution >= 4 is 5.91 Å². The molecule has 1 saturated heterocycles. The summed E-state index contributed by atoms with van der Waals surface area (Å²) in [6, 6.07) is 5.53. The number of amides is 1. The first-order valence-corrected chi connectivity index (χ1v) is 10.7. The van der Waals surface area contributed by atoms with Gasteiger partial charge in [-0.05, 0) is 75.6 Å². The Morgan fingerprint density at radius 1 is 1.16 bits per heavy atom. The molecule has 9 heteroatoms. The number of alkyl halides is 3. The van der Waals surface area contributed by atoms with Crippen molar-refractivity contribution in [3.8, 4) is 11.8 Å². The Bertz CT molecular complexity index is 793. The fraction of sp³-hybridized carbons (Fsp3) is 0.636. The van der Waals surface area contributed by atoms with E-state index < -0.39 is 17.9 Å². The van der Waals surface area contributed by atoms with Gasteiger partial charge in [-0.3, -0.25) is 4.79 Å². The highest BCUT2D eigenvalue weighted by atomic mass is 19.4. The molecule has 3 rings (SSSR count).